The topological polar surface area (TPSA) is 0 Å². The van der Waals surface area contributed by atoms with Crippen LogP contribution >= 0.6 is 0 Å². The molecule has 0 aliphatic heterocycles. The summed E-state index contributed by atoms with van der Waals surface area (Å²) in [7, 11) is -6.00. The third kappa shape index (κ3) is 19500. The quantitative estimate of drug-likeness (QED) is 0.427. The van der Waals surface area contributed by atoms with Gasteiger partial charge in [0, 0.05) is 0 Å². The molecule has 0 unspecified atom stereocenters. The van der Waals surface area contributed by atoms with Gasteiger partial charge in [0.1, 0.15) is 0 Å². The molecule has 11 heavy (non-hydrogen) atoms. The molecule has 0 N–H and O–H groups in total. The van der Waals surface area contributed by atoms with Crippen molar-refractivity contribution in [2.24, 2.45) is 0 Å². The summed E-state index contributed by atoms with van der Waals surface area (Å²) in [5, 5.41) is 0. The first kappa shape index (κ1) is 13.8. The van der Waals surface area contributed by atoms with E-state index in [1.807, 2.05) is 0 Å². The Morgan fingerprint density at radius 1 is 0.727 bits per heavy atom. The first-order valence-electron chi connectivity index (χ1n) is 2.64. The van der Waals surface area contributed by atoms with Gasteiger partial charge in [0.15, 0.2) is 0 Å². The predicted molar refractivity (Wildman–Crippen MR) is 45.8 cm³/mol. The molecule has 0 fully saturated rings. The van der Waals surface area contributed by atoms with Gasteiger partial charge in [-0.2, -0.15) is 0 Å². The van der Waals surface area contributed by atoms with E-state index in [1.54, 1.807) is 0 Å². The number of hydrogen-bond acceptors (Lipinski definition) is 0. The van der Waals surface area contributed by atoms with Crippen LogP contribution in [0.3, 0.4) is 0 Å². The van der Waals surface area contributed by atoms with Crippen LogP contribution in [0, 0.1) is 20.1 Å². The van der Waals surface area contributed by atoms with Gasteiger partial charge in [0.25, 0.3) is 0 Å². The van der Waals surface area contributed by atoms with Crippen molar-refractivity contribution in [3.05, 3.63) is 0 Å². The first-order chi connectivity index (χ1) is 4.24. The third-order valence-electron chi connectivity index (χ3n) is 0. The summed E-state index contributed by atoms with van der Waals surface area (Å²) in [5.41, 5.74) is 0. The maximum absolute atomic E-state index is 9.75. The molecule has 0 aromatic rings. The zero-order chi connectivity index (χ0) is 9.95. The molecule has 0 saturated heterocycles. The van der Waals surface area contributed by atoms with Crippen LogP contribution in [0.2, 0.25) is 0 Å². The molecule has 0 rings (SSSR count). The Kier molecular flexibility index (Phi) is 4.10. The minimum atomic E-state index is -6.00. The second-order valence-corrected chi connectivity index (χ2v) is 23.8. The van der Waals surface area contributed by atoms with Crippen molar-refractivity contribution in [2.45, 2.75) is 0 Å². The molecule has 0 aliphatic rings. The second kappa shape index (κ2) is 3.28. The van der Waals surface area contributed by atoms with Crippen LogP contribution in [0.25, 0.3) is 0 Å². The second-order valence-electron chi connectivity index (χ2n) is 2.99. The van der Waals surface area contributed by atoms with Crippen LogP contribution in [0.15, 0.2) is 0 Å². The van der Waals surface area contributed by atoms with Crippen molar-refractivity contribution >= 4 is 24.9 Å². The SMILES string of the molecule is F[B-](F)(F)F.[CH2]=[U](=[CH2])(=[CH2])(=[CH2])=[CH2]. The van der Waals surface area contributed by atoms with Gasteiger partial charge in [-0.3, -0.25) is 0 Å². The monoisotopic (exact) mass is 395 g/mol. The van der Waals surface area contributed by atoms with E-state index in [0.717, 1.165) is 0 Å². The summed E-state index contributed by atoms with van der Waals surface area (Å²) >= 11 is -3.15. The van der Waals surface area contributed by atoms with E-state index in [4.69, 9.17) is 0 Å². The van der Waals surface area contributed by atoms with E-state index in [-0.39, 0.29) is 0 Å². The molecule has 0 saturated carbocycles. The molecule has 0 bridgehead atoms. The van der Waals surface area contributed by atoms with E-state index >= 15 is 0 Å². The van der Waals surface area contributed by atoms with Gasteiger partial charge in [-0.1, -0.05) is 0 Å². The minimum absolute atomic E-state index is 3.15. The molecule has 66 valence electrons. The molecule has 0 amide bonds. The Balaban J connectivity index is 0. The molecular weight excluding hydrogens is 385 g/mol. The zero-order valence-corrected chi connectivity index (χ0v) is 10.3. The molecule has 0 radical (unpaired) electrons. The van der Waals surface area contributed by atoms with Crippen LogP contribution in [0.5, 0.6) is 0 Å². The zero-order valence-electron chi connectivity index (χ0n) is 6.12. The number of hydrogen-bond donors (Lipinski definition) is 0. The van der Waals surface area contributed by atoms with Crippen LogP contribution < -0.4 is 0 Å². The fourth-order valence-corrected chi connectivity index (χ4v) is 0. The Bertz CT molecular complexity index is 357. The van der Waals surface area contributed by atoms with Gasteiger partial charge in [-0.05, 0) is 0 Å². The van der Waals surface area contributed by atoms with Gasteiger partial charge in [0.2, 0.25) is 0 Å². The third-order valence-corrected chi connectivity index (χ3v) is 0. The normalized spacial score (nSPS) is 15.5. The van der Waals surface area contributed by atoms with Crippen LogP contribution in [0.4, 0.5) is 17.3 Å². The molecule has 6 heteroatoms. The van der Waals surface area contributed by atoms with Crippen molar-refractivity contribution in [2.75, 3.05) is 0 Å². The molecule has 0 atom stereocenters. The van der Waals surface area contributed by atoms with Crippen molar-refractivity contribution in [3.63, 3.8) is 0 Å². The van der Waals surface area contributed by atoms with Gasteiger partial charge in [0.05, 0.1) is 0 Å². The van der Waals surface area contributed by atoms with Gasteiger partial charge >= 0.3 is 45.1 Å². The average molecular weight is 395 g/mol. The van der Waals surface area contributed by atoms with E-state index < -0.39 is 27.4 Å². The van der Waals surface area contributed by atoms with E-state index in [1.165, 1.54) is 0 Å². The number of halogens is 4. The molecule has 0 heterocycles. The summed E-state index contributed by atoms with van der Waals surface area (Å²) in [6.07, 6.45) is 0. The maximum atomic E-state index is 9.75. The molecular formula is C5H10BF4U-. The van der Waals surface area contributed by atoms with Crippen molar-refractivity contribution in [1.82, 2.24) is 0 Å². The Morgan fingerprint density at radius 3 is 0.727 bits per heavy atom. The molecule has 0 spiro atoms. The van der Waals surface area contributed by atoms with Gasteiger partial charge in [-0.25, -0.2) is 0 Å². The van der Waals surface area contributed by atoms with Crippen LogP contribution in [-0.2, 0) is 0 Å². The Labute approximate surface area is 62.2 Å². The Morgan fingerprint density at radius 2 is 0.727 bits per heavy atom. The van der Waals surface area contributed by atoms with Crippen molar-refractivity contribution < 1.29 is 37.4 Å². The van der Waals surface area contributed by atoms with E-state index in [0.29, 0.717) is 0 Å². The van der Waals surface area contributed by atoms with Crippen LogP contribution in [0.1, 0.15) is 0 Å². The fourth-order valence-electron chi connectivity index (χ4n) is 0. The van der Waals surface area contributed by atoms with E-state index in [2.05, 4.69) is 17.7 Å². The van der Waals surface area contributed by atoms with Gasteiger partial charge in [-0.15, -0.1) is 0 Å². The van der Waals surface area contributed by atoms with E-state index in [9.17, 15) is 17.3 Å². The molecule has 0 nitrogen and oxygen atoms in total. The summed E-state index contributed by atoms with van der Waals surface area (Å²) in [6, 6.07) is 0. The molecule has 0 aromatic heterocycles. The molecule has 0 aliphatic carbocycles. The van der Waals surface area contributed by atoms with Crippen LogP contribution in [-0.4, -0.2) is 24.9 Å². The number of rotatable bonds is 0. The summed E-state index contributed by atoms with van der Waals surface area (Å²) in [5.74, 6) is 0. The first-order valence-corrected chi connectivity index (χ1v) is 17.4. The van der Waals surface area contributed by atoms with Gasteiger partial charge < -0.3 is 17.3 Å². The summed E-state index contributed by atoms with van der Waals surface area (Å²) < 4.78 is 57.4. The summed E-state index contributed by atoms with van der Waals surface area (Å²) in [6.45, 7) is 0. The fraction of sp³-hybridized carbons (Fsp3) is 0. The predicted octanol–water partition coefficient (Wildman–Crippen LogP) is 1.14. The van der Waals surface area contributed by atoms with Crippen molar-refractivity contribution in [3.8, 4) is 0 Å². The van der Waals surface area contributed by atoms with Crippen molar-refractivity contribution in [1.29, 1.82) is 0 Å². The summed E-state index contributed by atoms with van der Waals surface area (Å²) in [4.78, 5) is 0. The molecule has 0 aromatic carbocycles. The standard InChI is InChI=1S/5CH2.BF4.U/c;;;;;2-1(3,4)5;/h5*1H2;;/q;;;;;-1;. The Hall–Kier alpha value is 0.187. The average Bonchev–Trinajstić information content (AvgIpc) is 1.07.